The molecule has 6 heteroatoms. The van der Waals surface area contributed by atoms with Crippen molar-refractivity contribution in [2.75, 3.05) is 21.3 Å². The maximum atomic E-state index is 6.29. The highest BCUT2D eigenvalue weighted by Gasteiger charge is 2.17. The number of nitrogens with two attached hydrogens (primary N) is 1. The number of ether oxygens (including phenoxy) is 3. The molecule has 2 N–H and O–H groups in total. The van der Waals surface area contributed by atoms with Crippen LogP contribution in [0.15, 0.2) is 24.5 Å². The third-order valence-corrected chi connectivity index (χ3v) is 3.33. The summed E-state index contributed by atoms with van der Waals surface area (Å²) in [6.45, 7) is 0. The van der Waals surface area contributed by atoms with E-state index in [-0.39, 0.29) is 6.04 Å². The van der Waals surface area contributed by atoms with Gasteiger partial charge in [-0.3, -0.25) is 4.68 Å². The molecule has 0 amide bonds. The summed E-state index contributed by atoms with van der Waals surface area (Å²) < 4.78 is 17.8. The predicted octanol–water partition coefficient (Wildman–Crippen LogP) is 1.69. The Hall–Kier alpha value is -2.21. The fraction of sp³-hybridized carbons (Fsp3) is 0.400. The van der Waals surface area contributed by atoms with Crippen molar-refractivity contribution in [2.45, 2.75) is 12.5 Å². The minimum absolute atomic E-state index is 0.178. The van der Waals surface area contributed by atoms with Crippen LogP contribution in [-0.2, 0) is 13.5 Å². The number of nitrogens with zero attached hydrogens (tertiary/aromatic N) is 2. The van der Waals surface area contributed by atoms with Crippen molar-refractivity contribution in [3.05, 3.63) is 35.7 Å². The van der Waals surface area contributed by atoms with Crippen LogP contribution in [0, 0.1) is 0 Å². The van der Waals surface area contributed by atoms with Crippen LogP contribution in [0.1, 0.15) is 17.2 Å². The molecular formula is C15H21N3O3. The SMILES string of the molecule is COc1cc(C(N)Cc2cnn(C)c2)cc(OC)c1OC. The van der Waals surface area contributed by atoms with Crippen LogP contribution in [0.4, 0.5) is 0 Å². The standard InChI is InChI=1S/C15H21N3O3/c1-18-9-10(8-17-18)5-12(16)11-6-13(19-2)15(21-4)14(7-11)20-3/h6-9,12H,5,16H2,1-4H3. The normalized spacial score (nSPS) is 12.0. The van der Waals surface area contributed by atoms with Crippen LogP contribution in [0.5, 0.6) is 17.2 Å². The molecule has 0 bridgehead atoms. The number of aromatic nitrogens is 2. The second kappa shape index (κ2) is 6.49. The fourth-order valence-electron chi connectivity index (χ4n) is 2.26. The third kappa shape index (κ3) is 3.28. The van der Waals surface area contributed by atoms with Gasteiger partial charge in [0.05, 0.1) is 27.5 Å². The Kier molecular flexibility index (Phi) is 4.70. The van der Waals surface area contributed by atoms with Crippen molar-refractivity contribution < 1.29 is 14.2 Å². The Bertz CT molecular complexity index is 585. The molecule has 1 atom stereocenters. The molecule has 0 aliphatic carbocycles. The lowest BCUT2D eigenvalue weighted by Gasteiger charge is -2.17. The van der Waals surface area contributed by atoms with Crippen molar-refractivity contribution in [1.29, 1.82) is 0 Å². The van der Waals surface area contributed by atoms with Gasteiger partial charge in [-0.15, -0.1) is 0 Å². The van der Waals surface area contributed by atoms with Gasteiger partial charge in [0.25, 0.3) is 0 Å². The summed E-state index contributed by atoms with van der Waals surface area (Å²) in [7, 11) is 6.64. The number of hydrogen-bond acceptors (Lipinski definition) is 5. The van der Waals surface area contributed by atoms with E-state index in [1.807, 2.05) is 31.6 Å². The highest BCUT2D eigenvalue weighted by molar-refractivity contribution is 5.54. The van der Waals surface area contributed by atoms with Gasteiger partial charge < -0.3 is 19.9 Å². The minimum atomic E-state index is -0.178. The zero-order chi connectivity index (χ0) is 15.4. The van der Waals surface area contributed by atoms with Crippen LogP contribution in [0.25, 0.3) is 0 Å². The largest absolute Gasteiger partial charge is 0.493 e. The summed E-state index contributed by atoms with van der Waals surface area (Å²) in [4.78, 5) is 0. The maximum absolute atomic E-state index is 6.29. The average molecular weight is 291 g/mol. The molecule has 0 aliphatic rings. The van der Waals surface area contributed by atoms with Gasteiger partial charge in [-0.05, 0) is 29.7 Å². The molecule has 1 unspecified atom stereocenters. The summed E-state index contributed by atoms with van der Waals surface area (Å²) in [5.74, 6) is 1.78. The van der Waals surface area contributed by atoms with E-state index in [1.165, 1.54) is 0 Å². The molecule has 2 aromatic rings. The first-order valence-electron chi connectivity index (χ1n) is 6.62. The number of benzene rings is 1. The van der Waals surface area contributed by atoms with Gasteiger partial charge in [-0.2, -0.15) is 5.10 Å². The molecule has 1 aromatic carbocycles. The molecule has 1 heterocycles. The second-order valence-corrected chi connectivity index (χ2v) is 4.79. The van der Waals surface area contributed by atoms with Crippen molar-refractivity contribution >= 4 is 0 Å². The molecule has 0 saturated carbocycles. The van der Waals surface area contributed by atoms with Gasteiger partial charge in [0.15, 0.2) is 11.5 Å². The molecule has 0 fully saturated rings. The van der Waals surface area contributed by atoms with Crippen molar-refractivity contribution in [2.24, 2.45) is 12.8 Å². The van der Waals surface area contributed by atoms with Gasteiger partial charge >= 0.3 is 0 Å². The quantitative estimate of drug-likeness (QED) is 0.877. The number of methoxy groups -OCH3 is 3. The Morgan fingerprint density at radius 2 is 1.76 bits per heavy atom. The highest BCUT2D eigenvalue weighted by atomic mass is 16.5. The van der Waals surface area contributed by atoms with Gasteiger partial charge in [0.1, 0.15) is 0 Å². The Labute approximate surface area is 124 Å². The van der Waals surface area contributed by atoms with Gasteiger partial charge in [0, 0.05) is 19.3 Å². The van der Waals surface area contributed by atoms with E-state index >= 15 is 0 Å². The Balaban J connectivity index is 2.30. The maximum Gasteiger partial charge on any atom is 0.203 e. The van der Waals surface area contributed by atoms with E-state index < -0.39 is 0 Å². The predicted molar refractivity (Wildman–Crippen MR) is 79.9 cm³/mol. The van der Waals surface area contributed by atoms with E-state index in [0.29, 0.717) is 23.7 Å². The summed E-state index contributed by atoms with van der Waals surface area (Å²) in [6.07, 6.45) is 4.46. The molecule has 1 aromatic heterocycles. The monoisotopic (exact) mass is 291 g/mol. The van der Waals surface area contributed by atoms with Gasteiger partial charge in [0.2, 0.25) is 5.75 Å². The lowest BCUT2D eigenvalue weighted by atomic mass is 10.0. The second-order valence-electron chi connectivity index (χ2n) is 4.79. The molecule has 0 saturated heterocycles. The molecule has 114 valence electrons. The number of aryl methyl sites for hydroxylation is 1. The fourth-order valence-corrected chi connectivity index (χ4v) is 2.26. The Morgan fingerprint density at radius 3 is 2.19 bits per heavy atom. The molecule has 6 nitrogen and oxygen atoms in total. The van der Waals surface area contributed by atoms with Crippen molar-refractivity contribution in [3.63, 3.8) is 0 Å². The summed E-state index contributed by atoms with van der Waals surface area (Å²) in [5.41, 5.74) is 8.29. The molecule has 0 radical (unpaired) electrons. The van der Waals surface area contributed by atoms with E-state index in [4.69, 9.17) is 19.9 Å². The van der Waals surface area contributed by atoms with Crippen molar-refractivity contribution in [3.8, 4) is 17.2 Å². The van der Waals surface area contributed by atoms with Crippen LogP contribution < -0.4 is 19.9 Å². The summed E-state index contributed by atoms with van der Waals surface area (Å²) in [6, 6.07) is 3.58. The van der Waals surface area contributed by atoms with E-state index in [1.54, 1.807) is 26.0 Å². The van der Waals surface area contributed by atoms with Crippen LogP contribution in [0.3, 0.4) is 0 Å². The lowest BCUT2D eigenvalue weighted by Crippen LogP contribution is -2.13. The zero-order valence-electron chi connectivity index (χ0n) is 12.8. The van der Waals surface area contributed by atoms with E-state index in [9.17, 15) is 0 Å². The van der Waals surface area contributed by atoms with E-state index in [2.05, 4.69) is 5.10 Å². The van der Waals surface area contributed by atoms with Crippen LogP contribution in [-0.4, -0.2) is 31.1 Å². The molecular weight excluding hydrogens is 270 g/mol. The number of rotatable bonds is 6. The average Bonchev–Trinajstić information content (AvgIpc) is 2.90. The smallest absolute Gasteiger partial charge is 0.203 e. The zero-order valence-corrected chi connectivity index (χ0v) is 12.8. The summed E-state index contributed by atoms with van der Waals surface area (Å²) >= 11 is 0. The van der Waals surface area contributed by atoms with Crippen LogP contribution in [0.2, 0.25) is 0 Å². The van der Waals surface area contributed by atoms with E-state index in [0.717, 1.165) is 11.1 Å². The molecule has 21 heavy (non-hydrogen) atoms. The lowest BCUT2D eigenvalue weighted by molar-refractivity contribution is 0.323. The first-order chi connectivity index (χ1) is 10.1. The minimum Gasteiger partial charge on any atom is -0.493 e. The summed E-state index contributed by atoms with van der Waals surface area (Å²) in [5, 5.41) is 4.15. The van der Waals surface area contributed by atoms with Crippen LogP contribution >= 0.6 is 0 Å². The first kappa shape index (κ1) is 15.2. The third-order valence-electron chi connectivity index (χ3n) is 3.33. The number of hydrogen-bond donors (Lipinski definition) is 1. The Morgan fingerprint density at radius 1 is 1.14 bits per heavy atom. The first-order valence-corrected chi connectivity index (χ1v) is 6.62. The molecule has 0 spiro atoms. The van der Waals surface area contributed by atoms with Gasteiger partial charge in [-0.25, -0.2) is 0 Å². The van der Waals surface area contributed by atoms with Crippen molar-refractivity contribution in [1.82, 2.24) is 9.78 Å². The highest BCUT2D eigenvalue weighted by Crippen LogP contribution is 2.39. The molecule has 0 aliphatic heterocycles. The van der Waals surface area contributed by atoms with Gasteiger partial charge in [-0.1, -0.05) is 0 Å². The topological polar surface area (TPSA) is 71.5 Å². The molecule has 2 rings (SSSR count).